The summed E-state index contributed by atoms with van der Waals surface area (Å²) in [5.41, 5.74) is 10.5. The van der Waals surface area contributed by atoms with Gasteiger partial charge in [-0.3, -0.25) is 4.57 Å². The molecule has 3 rings (SSSR count). The van der Waals surface area contributed by atoms with Crippen LogP contribution in [0.3, 0.4) is 0 Å². The first-order chi connectivity index (χ1) is 14.6. The van der Waals surface area contributed by atoms with Crippen LogP contribution in [0.5, 0.6) is 0 Å². The molecule has 1 unspecified atom stereocenters. The Balaban J connectivity index is 2.08. The number of benzene rings is 2. The van der Waals surface area contributed by atoms with Crippen molar-refractivity contribution in [3.63, 3.8) is 0 Å². The summed E-state index contributed by atoms with van der Waals surface area (Å²) >= 11 is 5.86. The zero-order valence-corrected chi connectivity index (χ0v) is 16.7. The van der Waals surface area contributed by atoms with Crippen LogP contribution >= 0.6 is 11.6 Å². The van der Waals surface area contributed by atoms with E-state index in [1.807, 2.05) is 0 Å². The number of halogens is 5. The molecule has 0 fully saturated rings. The molecular weight excluding hydrogens is 436 g/mol. The monoisotopic (exact) mass is 452 g/mol. The van der Waals surface area contributed by atoms with Crippen LogP contribution in [0, 0.1) is 5.82 Å². The third kappa shape index (κ3) is 5.12. The number of hydrogen-bond donors (Lipinski definition) is 2. The van der Waals surface area contributed by atoms with Gasteiger partial charge in [0.1, 0.15) is 5.82 Å². The second kappa shape index (κ2) is 8.91. The number of hydrogen-bond acceptors (Lipinski definition) is 4. The Morgan fingerprint density at radius 3 is 2.42 bits per heavy atom. The third-order valence-electron chi connectivity index (χ3n) is 4.52. The van der Waals surface area contributed by atoms with E-state index in [-0.39, 0.29) is 11.4 Å². The highest BCUT2D eigenvalue weighted by molar-refractivity contribution is 6.31. The van der Waals surface area contributed by atoms with Gasteiger partial charge < -0.3 is 11.5 Å². The van der Waals surface area contributed by atoms with Gasteiger partial charge in [0.25, 0.3) is 0 Å². The van der Waals surface area contributed by atoms with Crippen molar-refractivity contribution in [3.05, 3.63) is 92.8 Å². The van der Waals surface area contributed by atoms with Crippen LogP contribution < -0.4 is 17.2 Å². The SMILES string of the molecule is NCc1ccc(/C=C/C(c2cc(Cl)c(F)c(-n3ccc(N)nc3=O)c2)C(F)(F)F)cc1. The highest BCUT2D eigenvalue weighted by atomic mass is 35.5. The van der Waals surface area contributed by atoms with Crippen molar-refractivity contribution in [2.75, 3.05) is 5.73 Å². The molecule has 3 aromatic rings. The number of aromatic nitrogens is 2. The second-order valence-electron chi connectivity index (χ2n) is 6.66. The van der Waals surface area contributed by atoms with E-state index < -0.39 is 34.3 Å². The fourth-order valence-electron chi connectivity index (χ4n) is 2.93. The molecule has 0 aliphatic heterocycles. The first-order valence-electron chi connectivity index (χ1n) is 8.98. The van der Waals surface area contributed by atoms with Crippen molar-refractivity contribution < 1.29 is 17.6 Å². The second-order valence-corrected chi connectivity index (χ2v) is 7.07. The standard InChI is InChI=1S/C21H17ClF4N4O/c22-16-9-14(10-17(19(16)23)30-8-7-18(28)29-20(30)31)15(21(24,25)26)6-5-12-1-3-13(11-27)4-2-12/h1-10,15H,11,27H2,(H2,28,29,31)/b6-5+. The van der Waals surface area contributed by atoms with Gasteiger partial charge in [-0.15, -0.1) is 0 Å². The lowest BCUT2D eigenvalue weighted by Crippen LogP contribution is -2.24. The Hall–Kier alpha value is -3.17. The largest absolute Gasteiger partial charge is 0.399 e. The Morgan fingerprint density at radius 2 is 1.84 bits per heavy atom. The van der Waals surface area contributed by atoms with Gasteiger partial charge in [-0.05, 0) is 34.9 Å². The molecule has 162 valence electrons. The molecule has 1 atom stereocenters. The van der Waals surface area contributed by atoms with E-state index in [9.17, 15) is 22.4 Å². The number of alkyl halides is 3. The van der Waals surface area contributed by atoms with Crippen LogP contribution in [0.25, 0.3) is 11.8 Å². The minimum Gasteiger partial charge on any atom is -0.383 e. The molecule has 4 N–H and O–H groups in total. The van der Waals surface area contributed by atoms with Crippen LogP contribution in [-0.4, -0.2) is 15.7 Å². The Kier molecular flexibility index (Phi) is 6.47. The van der Waals surface area contributed by atoms with Crippen LogP contribution in [0.4, 0.5) is 23.4 Å². The summed E-state index contributed by atoms with van der Waals surface area (Å²) in [5.74, 6) is -3.27. The summed E-state index contributed by atoms with van der Waals surface area (Å²) in [4.78, 5) is 15.5. The molecule has 0 saturated heterocycles. The summed E-state index contributed by atoms with van der Waals surface area (Å²) < 4.78 is 56.8. The zero-order chi connectivity index (χ0) is 22.8. The molecule has 0 spiro atoms. The van der Waals surface area contributed by atoms with Crippen molar-refractivity contribution in [1.29, 1.82) is 0 Å². The maximum atomic E-state index is 14.6. The minimum atomic E-state index is -4.70. The Morgan fingerprint density at radius 1 is 1.16 bits per heavy atom. The first-order valence-corrected chi connectivity index (χ1v) is 9.36. The molecule has 0 aliphatic carbocycles. The quantitative estimate of drug-likeness (QED) is 0.561. The van der Waals surface area contributed by atoms with Gasteiger partial charge in [0.2, 0.25) is 0 Å². The molecule has 1 aromatic heterocycles. The summed E-state index contributed by atoms with van der Waals surface area (Å²) in [7, 11) is 0. The maximum Gasteiger partial charge on any atom is 0.399 e. The Bertz CT molecular complexity index is 1170. The van der Waals surface area contributed by atoms with Gasteiger partial charge in [-0.25, -0.2) is 9.18 Å². The molecule has 5 nitrogen and oxygen atoms in total. The summed E-state index contributed by atoms with van der Waals surface area (Å²) in [6.07, 6.45) is -1.35. The third-order valence-corrected chi connectivity index (χ3v) is 4.80. The lowest BCUT2D eigenvalue weighted by Gasteiger charge is -2.19. The molecular formula is C21H17ClF4N4O. The van der Waals surface area contributed by atoms with Gasteiger partial charge in [-0.1, -0.05) is 48.0 Å². The average molecular weight is 453 g/mol. The van der Waals surface area contributed by atoms with Gasteiger partial charge >= 0.3 is 11.9 Å². The van der Waals surface area contributed by atoms with E-state index in [1.54, 1.807) is 24.3 Å². The first kappa shape index (κ1) is 22.5. The van der Waals surface area contributed by atoms with Gasteiger partial charge in [0, 0.05) is 12.7 Å². The van der Waals surface area contributed by atoms with Crippen molar-refractivity contribution in [3.8, 4) is 5.69 Å². The van der Waals surface area contributed by atoms with E-state index in [4.69, 9.17) is 23.1 Å². The predicted octanol–water partition coefficient (Wildman–Crippen LogP) is 4.43. The van der Waals surface area contributed by atoms with Crippen LogP contribution in [0.15, 0.2) is 59.5 Å². The van der Waals surface area contributed by atoms with Crippen LogP contribution in [-0.2, 0) is 6.54 Å². The van der Waals surface area contributed by atoms with E-state index in [2.05, 4.69) is 4.98 Å². The van der Waals surface area contributed by atoms with Crippen molar-refractivity contribution >= 4 is 23.5 Å². The summed E-state index contributed by atoms with van der Waals surface area (Å²) in [6, 6.07) is 9.69. The average Bonchev–Trinajstić information content (AvgIpc) is 2.70. The fraction of sp³-hybridized carbons (Fsp3) is 0.143. The summed E-state index contributed by atoms with van der Waals surface area (Å²) in [6.45, 7) is 0.311. The molecule has 10 heteroatoms. The van der Waals surface area contributed by atoms with Gasteiger partial charge in [0.05, 0.1) is 16.6 Å². The van der Waals surface area contributed by atoms with Gasteiger partial charge in [0.15, 0.2) is 5.82 Å². The number of nitrogen functional groups attached to an aromatic ring is 1. The van der Waals surface area contributed by atoms with Crippen molar-refractivity contribution in [1.82, 2.24) is 9.55 Å². The smallest absolute Gasteiger partial charge is 0.383 e. The molecule has 0 bridgehead atoms. The lowest BCUT2D eigenvalue weighted by atomic mass is 9.96. The number of nitrogens with two attached hydrogens (primary N) is 2. The fourth-order valence-corrected chi connectivity index (χ4v) is 3.15. The lowest BCUT2D eigenvalue weighted by molar-refractivity contribution is -0.139. The summed E-state index contributed by atoms with van der Waals surface area (Å²) in [5, 5.41) is -0.564. The Labute approximate surface area is 179 Å². The number of allylic oxidation sites excluding steroid dienone is 1. The molecule has 2 aromatic carbocycles. The predicted molar refractivity (Wildman–Crippen MR) is 111 cm³/mol. The molecule has 0 aliphatic rings. The van der Waals surface area contributed by atoms with E-state index >= 15 is 0 Å². The zero-order valence-electron chi connectivity index (χ0n) is 15.9. The van der Waals surface area contributed by atoms with E-state index in [0.29, 0.717) is 12.1 Å². The van der Waals surface area contributed by atoms with Gasteiger partial charge in [-0.2, -0.15) is 18.2 Å². The molecule has 1 heterocycles. The van der Waals surface area contributed by atoms with Crippen LogP contribution in [0.1, 0.15) is 22.6 Å². The molecule has 31 heavy (non-hydrogen) atoms. The molecule has 0 radical (unpaired) electrons. The number of anilines is 1. The highest BCUT2D eigenvalue weighted by Gasteiger charge is 2.39. The highest BCUT2D eigenvalue weighted by Crippen LogP contribution is 2.39. The molecule has 0 amide bonds. The van der Waals surface area contributed by atoms with Crippen LogP contribution in [0.2, 0.25) is 5.02 Å². The topological polar surface area (TPSA) is 86.9 Å². The van der Waals surface area contributed by atoms with Crippen molar-refractivity contribution in [2.45, 2.75) is 18.6 Å². The van der Waals surface area contributed by atoms with Crippen molar-refractivity contribution in [2.24, 2.45) is 5.73 Å². The van der Waals surface area contributed by atoms with E-state index in [1.165, 1.54) is 12.1 Å². The molecule has 0 saturated carbocycles. The normalized spacial score (nSPS) is 13.0. The number of nitrogens with zero attached hydrogens (tertiary/aromatic N) is 2. The maximum absolute atomic E-state index is 14.6. The van der Waals surface area contributed by atoms with E-state index in [0.717, 1.165) is 34.5 Å². The number of rotatable bonds is 5. The minimum absolute atomic E-state index is 0.110.